The summed E-state index contributed by atoms with van der Waals surface area (Å²) >= 11 is 0. The van der Waals surface area contributed by atoms with Gasteiger partial charge in [0.25, 0.3) is 0 Å². The monoisotopic (exact) mass is 181 g/mol. The minimum absolute atomic E-state index is 0.119. The van der Waals surface area contributed by atoms with Crippen molar-refractivity contribution in [2.75, 3.05) is 5.73 Å². The van der Waals surface area contributed by atoms with Gasteiger partial charge in [0.1, 0.15) is 5.82 Å². The Morgan fingerprint density at radius 1 is 1.38 bits per heavy atom. The first-order valence-corrected chi connectivity index (χ1v) is 3.33. The van der Waals surface area contributed by atoms with Crippen LogP contribution in [-0.2, 0) is 4.74 Å². The van der Waals surface area contributed by atoms with Crippen LogP contribution in [0.3, 0.4) is 0 Å². The van der Waals surface area contributed by atoms with Crippen molar-refractivity contribution < 1.29 is 14.3 Å². The van der Waals surface area contributed by atoms with Crippen LogP contribution in [-0.4, -0.2) is 17.0 Å². The molecule has 13 heavy (non-hydrogen) atoms. The maximum atomic E-state index is 11.0. The summed E-state index contributed by atoms with van der Waals surface area (Å²) in [6.07, 6.45) is 0.0440. The third-order valence-corrected chi connectivity index (χ3v) is 1.22. The molecule has 0 unspecified atom stereocenters. The van der Waals surface area contributed by atoms with Crippen LogP contribution in [0.15, 0.2) is 18.3 Å². The van der Waals surface area contributed by atoms with Gasteiger partial charge in [0.15, 0.2) is 0 Å². The van der Waals surface area contributed by atoms with E-state index in [1.165, 1.54) is 18.3 Å². The molecule has 0 saturated carbocycles. The average molecular weight is 181 g/mol. The van der Waals surface area contributed by atoms with E-state index in [4.69, 9.17) is 5.73 Å². The van der Waals surface area contributed by atoms with Crippen LogP contribution in [0.4, 0.5) is 10.6 Å². The maximum Gasteiger partial charge on any atom is 0.412 e. The van der Waals surface area contributed by atoms with E-state index in [9.17, 15) is 9.59 Å². The Morgan fingerprint density at radius 3 is 2.54 bits per heavy atom. The van der Waals surface area contributed by atoms with Crippen molar-refractivity contribution in [3.63, 3.8) is 0 Å². The van der Waals surface area contributed by atoms with Gasteiger partial charge in [0.05, 0.1) is 5.56 Å². The molecule has 1 rings (SSSR count). The summed E-state index contributed by atoms with van der Waals surface area (Å²) < 4.78 is 4.10. The number of carbonyl (C=O) groups is 2. The Bertz CT molecular complexity index is 333. The summed E-state index contributed by atoms with van der Waals surface area (Å²) in [5.41, 5.74) is 10.0. The largest absolute Gasteiger partial charge is 0.412 e. The summed E-state index contributed by atoms with van der Waals surface area (Å²) in [7, 11) is 0. The average Bonchev–Trinajstić information content (AvgIpc) is 2.04. The molecule has 0 aliphatic carbocycles. The second-order valence-corrected chi connectivity index (χ2v) is 2.18. The number of pyridine rings is 1. The van der Waals surface area contributed by atoms with Crippen LogP contribution in [0.25, 0.3) is 0 Å². The van der Waals surface area contributed by atoms with E-state index in [2.05, 4.69) is 15.5 Å². The zero-order valence-corrected chi connectivity index (χ0v) is 6.56. The number of nitrogen functional groups attached to an aromatic ring is 1. The topological polar surface area (TPSA) is 108 Å². The fraction of sp³-hybridized carbons (Fsp3) is 0. The number of carbonyl (C=O) groups excluding carboxylic acids is 2. The van der Waals surface area contributed by atoms with Crippen LogP contribution < -0.4 is 11.5 Å². The lowest BCUT2D eigenvalue weighted by Crippen LogP contribution is -2.18. The molecule has 0 aromatic carbocycles. The van der Waals surface area contributed by atoms with Crippen LogP contribution in [0.5, 0.6) is 0 Å². The molecule has 4 N–H and O–H groups in total. The van der Waals surface area contributed by atoms with Crippen molar-refractivity contribution in [2.24, 2.45) is 5.73 Å². The normalized spacial score (nSPS) is 9.23. The Hall–Kier alpha value is -2.11. The van der Waals surface area contributed by atoms with Crippen molar-refractivity contribution in [1.82, 2.24) is 4.98 Å². The number of nitrogens with two attached hydrogens (primary N) is 2. The molecule has 1 aromatic rings. The van der Waals surface area contributed by atoms with Gasteiger partial charge in [0, 0.05) is 6.20 Å². The molecule has 0 fully saturated rings. The van der Waals surface area contributed by atoms with Crippen LogP contribution in [0.2, 0.25) is 0 Å². The van der Waals surface area contributed by atoms with Crippen molar-refractivity contribution in [3.8, 4) is 0 Å². The van der Waals surface area contributed by atoms with E-state index < -0.39 is 12.1 Å². The van der Waals surface area contributed by atoms with Crippen LogP contribution >= 0.6 is 0 Å². The van der Waals surface area contributed by atoms with Crippen molar-refractivity contribution in [1.29, 1.82) is 0 Å². The third-order valence-electron chi connectivity index (χ3n) is 1.22. The highest BCUT2D eigenvalue weighted by molar-refractivity contribution is 5.95. The van der Waals surface area contributed by atoms with Gasteiger partial charge in [-0.2, -0.15) is 0 Å². The van der Waals surface area contributed by atoms with E-state index in [0.717, 1.165) is 0 Å². The smallest absolute Gasteiger partial charge is 0.384 e. The molecule has 1 heterocycles. The molecule has 1 amide bonds. The summed E-state index contributed by atoms with van der Waals surface area (Å²) in [6.45, 7) is 0. The Morgan fingerprint density at radius 2 is 2.08 bits per heavy atom. The number of hydrogen-bond donors (Lipinski definition) is 2. The van der Waals surface area contributed by atoms with Crippen molar-refractivity contribution >= 4 is 17.9 Å². The minimum atomic E-state index is -1.15. The van der Waals surface area contributed by atoms with E-state index in [0.29, 0.717) is 0 Å². The molecule has 6 heteroatoms. The van der Waals surface area contributed by atoms with Gasteiger partial charge < -0.3 is 16.2 Å². The molecule has 0 spiro atoms. The fourth-order valence-electron chi connectivity index (χ4n) is 0.676. The second-order valence-electron chi connectivity index (χ2n) is 2.18. The first-order chi connectivity index (χ1) is 6.09. The molecule has 6 nitrogen and oxygen atoms in total. The van der Waals surface area contributed by atoms with E-state index in [1.807, 2.05) is 0 Å². The Kier molecular flexibility index (Phi) is 2.44. The second kappa shape index (κ2) is 3.53. The Balaban J connectivity index is 2.78. The first kappa shape index (κ1) is 8.98. The first-order valence-electron chi connectivity index (χ1n) is 3.33. The highest BCUT2D eigenvalue weighted by Crippen LogP contribution is 2.02. The number of amides is 1. The maximum absolute atomic E-state index is 11.0. The van der Waals surface area contributed by atoms with Crippen LogP contribution in [0, 0.1) is 0 Å². The number of hydrogen-bond acceptors (Lipinski definition) is 5. The van der Waals surface area contributed by atoms with Crippen molar-refractivity contribution in [2.45, 2.75) is 0 Å². The summed E-state index contributed by atoms with van der Waals surface area (Å²) in [5, 5.41) is 0. The van der Waals surface area contributed by atoms with Crippen molar-refractivity contribution in [3.05, 3.63) is 23.9 Å². The standard InChI is InChI=1S/C7H7N3O3/c8-5-2-1-4(3-10-5)6(11)13-7(9)12/h1-3H,(H2,8,10)(H2,9,12). The summed E-state index contributed by atoms with van der Waals surface area (Å²) in [6, 6.07) is 2.80. The number of aromatic nitrogens is 1. The molecule has 0 saturated heterocycles. The van der Waals surface area contributed by atoms with Gasteiger partial charge in [-0.15, -0.1) is 0 Å². The Labute approximate surface area is 73.5 Å². The molecule has 0 aliphatic rings. The lowest BCUT2D eigenvalue weighted by molar-refractivity contribution is 0.0638. The summed E-state index contributed by atoms with van der Waals surface area (Å²) in [4.78, 5) is 24.8. The zero-order valence-electron chi connectivity index (χ0n) is 6.56. The number of esters is 1. The molecule has 0 bridgehead atoms. The molecule has 68 valence electrons. The van der Waals surface area contributed by atoms with Gasteiger partial charge >= 0.3 is 12.1 Å². The highest BCUT2D eigenvalue weighted by Gasteiger charge is 2.09. The number of ether oxygens (including phenoxy) is 1. The zero-order chi connectivity index (χ0) is 9.84. The molecular weight excluding hydrogens is 174 g/mol. The number of primary amides is 1. The molecule has 0 aliphatic heterocycles. The fourth-order valence-corrected chi connectivity index (χ4v) is 0.676. The van der Waals surface area contributed by atoms with Gasteiger partial charge in [0.2, 0.25) is 0 Å². The molecular formula is C7H7N3O3. The lowest BCUT2D eigenvalue weighted by atomic mass is 10.3. The predicted molar refractivity (Wildman–Crippen MR) is 43.6 cm³/mol. The van der Waals surface area contributed by atoms with Gasteiger partial charge in [-0.05, 0) is 12.1 Å². The van der Waals surface area contributed by atoms with Gasteiger partial charge in [-0.25, -0.2) is 14.6 Å². The molecule has 0 atom stereocenters. The number of rotatable bonds is 1. The predicted octanol–water partition coefficient (Wildman–Crippen LogP) is -0.101. The lowest BCUT2D eigenvalue weighted by Gasteiger charge is -1.98. The minimum Gasteiger partial charge on any atom is -0.384 e. The highest BCUT2D eigenvalue weighted by atomic mass is 16.6. The summed E-state index contributed by atoms with van der Waals surface area (Å²) in [5.74, 6) is -0.573. The van der Waals surface area contributed by atoms with E-state index in [1.54, 1.807) is 0 Å². The molecule has 0 radical (unpaired) electrons. The molecule has 1 aromatic heterocycles. The van der Waals surface area contributed by atoms with Gasteiger partial charge in [-0.1, -0.05) is 0 Å². The van der Waals surface area contributed by atoms with E-state index >= 15 is 0 Å². The number of anilines is 1. The quantitative estimate of drug-likeness (QED) is 0.464. The van der Waals surface area contributed by atoms with E-state index in [-0.39, 0.29) is 11.4 Å². The number of nitrogens with zero attached hydrogens (tertiary/aromatic N) is 1. The van der Waals surface area contributed by atoms with Gasteiger partial charge in [-0.3, -0.25) is 0 Å². The van der Waals surface area contributed by atoms with Crippen LogP contribution in [0.1, 0.15) is 10.4 Å². The SMILES string of the molecule is NC(=O)OC(=O)c1ccc(N)nc1. The third kappa shape index (κ3) is 2.44.